The van der Waals surface area contributed by atoms with Crippen molar-refractivity contribution in [3.8, 4) is 0 Å². The molecule has 0 fully saturated rings. The first-order chi connectivity index (χ1) is 10.7. The van der Waals surface area contributed by atoms with Crippen molar-refractivity contribution in [3.63, 3.8) is 0 Å². The monoisotopic (exact) mass is 313 g/mol. The van der Waals surface area contributed by atoms with Crippen LogP contribution in [-0.4, -0.2) is 29.0 Å². The molecule has 1 N–H and O–H groups in total. The first-order valence-corrected chi connectivity index (χ1v) is 8.06. The number of nitrogens with zero attached hydrogens (tertiary/aromatic N) is 1. The molecule has 0 aliphatic carbocycles. The van der Waals surface area contributed by atoms with Crippen molar-refractivity contribution in [1.29, 1.82) is 0 Å². The third-order valence-electron chi connectivity index (χ3n) is 3.13. The molecule has 4 heteroatoms. The highest BCUT2D eigenvalue weighted by Gasteiger charge is 2.03. The number of carbonyl (C=O) groups is 1. The van der Waals surface area contributed by atoms with Gasteiger partial charge in [-0.2, -0.15) is 0 Å². The van der Waals surface area contributed by atoms with Gasteiger partial charge in [-0.15, -0.1) is 11.8 Å². The minimum Gasteiger partial charge on any atom is -0.286 e. The van der Waals surface area contributed by atoms with Crippen molar-refractivity contribution >= 4 is 23.7 Å². The predicted octanol–water partition coefficient (Wildman–Crippen LogP) is 3.88. The van der Waals surface area contributed by atoms with E-state index in [2.05, 4.69) is 12.1 Å². The number of hydrogen-bond acceptors (Lipinski definition) is 3. The van der Waals surface area contributed by atoms with Crippen molar-refractivity contribution < 1.29 is 10.0 Å². The molecule has 1 amide bonds. The second kappa shape index (κ2) is 8.41. The van der Waals surface area contributed by atoms with Crippen molar-refractivity contribution in [2.24, 2.45) is 0 Å². The average molecular weight is 313 g/mol. The van der Waals surface area contributed by atoms with Gasteiger partial charge < -0.3 is 0 Å². The van der Waals surface area contributed by atoms with Crippen molar-refractivity contribution in [3.05, 3.63) is 71.8 Å². The van der Waals surface area contributed by atoms with Gasteiger partial charge in [0, 0.05) is 23.8 Å². The van der Waals surface area contributed by atoms with Gasteiger partial charge in [-0.25, -0.2) is 5.06 Å². The SMILES string of the molecule is CN(O)C(=O)/C=C/c1ccccc1SCCc1ccccc1. The van der Waals surface area contributed by atoms with Crippen molar-refractivity contribution in [1.82, 2.24) is 5.06 Å². The highest BCUT2D eigenvalue weighted by Crippen LogP contribution is 2.24. The molecular weight excluding hydrogens is 294 g/mol. The number of hydroxylamine groups is 2. The minimum absolute atomic E-state index is 0.441. The quantitative estimate of drug-likeness (QED) is 0.381. The highest BCUT2D eigenvalue weighted by molar-refractivity contribution is 7.99. The molecule has 3 nitrogen and oxygen atoms in total. The Hall–Kier alpha value is -2.04. The smallest absolute Gasteiger partial charge is 0.269 e. The van der Waals surface area contributed by atoms with Crippen LogP contribution in [-0.2, 0) is 11.2 Å². The maximum absolute atomic E-state index is 11.4. The Morgan fingerprint density at radius 2 is 1.82 bits per heavy atom. The molecule has 0 saturated carbocycles. The maximum atomic E-state index is 11.4. The summed E-state index contributed by atoms with van der Waals surface area (Å²) in [4.78, 5) is 12.5. The molecule has 2 aromatic rings. The molecular formula is C18H19NO2S. The predicted molar refractivity (Wildman–Crippen MR) is 90.9 cm³/mol. The first kappa shape index (κ1) is 16.3. The Morgan fingerprint density at radius 1 is 1.14 bits per heavy atom. The lowest BCUT2D eigenvalue weighted by Crippen LogP contribution is -2.19. The molecule has 22 heavy (non-hydrogen) atoms. The van der Waals surface area contributed by atoms with E-state index in [4.69, 9.17) is 5.21 Å². The maximum Gasteiger partial charge on any atom is 0.269 e. The second-order valence-electron chi connectivity index (χ2n) is 4.82. The molecule has 0 aromatic heterocycles. The fraction of sp³-hybridized carbons (Fsp3) is 0.167. The average Bonchev–Trinajstić information content (AvgIpc) is 2.54. The summed E-state index contributed by atoms with van der Waals surface area (Å²) in [5.41, 5.74) is 2.30. The van der Waals surface area contributed by atoms with Crippen LogP contribution in [0, 0.1) is 0 Å². The summed E-state index contributed by atoms with van der Waals surface area (Å²) in [5.74, 6) is 0.534. The van der Waals surface area contributed by atoms with E-state index in [9.17, 15) is 4.79 Å². The third kappa shape index (κ3) is 5.06. The minimum atomic E-state index is -0.441. The number of aryl methyl sites for hydroxylation is 1. The Bertz CT molecular complexity index is 639. The number of thioether (sulfide) groups is 1. The van der Waals surface area contributed by atoms with Gasteiger partial charge in [-0.05, 0) is 29.7 Å². The number of amides is 1. The molecule has 114 valence electrons. The van der Waals surface area contributed by atoms with Crippen LogP contribution < -0.4 is 0 Å². The molecule has 0 aliphatic heterocycles. The molecule has 0 unspecified atom stereocenters. The lowest BCUT2D eigenvalue weighted by atomic mass is 10.2. The third-order valence-corrected chi connectivity index (χ3v) is 4.23. The van der Waals surface area contributed by atoms with E-state index in [0.717, 1.165) is 22.6 Å². The number of rotatable bonds is 6. The summed E-state index contributed by atoms with van der Waals surface area (Å²) in [6.45, 7) is 0. The molecule has 2 rings (SSSR count). The van der Waals surface area contributed by atoms with E-state index in [0.29, 0.717) is 5.06 Å². The summed E-state index contributed by atoms with van der Waals surface area (Å²) in [6, 6.07) is 18.3. The van der Waals surface area contributed by atoms with Crippen molar-refractivity contribution in [2.45, 2.75) is 11.3 Å². The fourth-order valence-electron chi connectivity index (χ4n) is 1.94. The largest absolute Gasteiger partial charge is 0.286 e. The summed E-state index contributed by atoms with van der Waals surface area (Å²) in [7, 11) is 1.31. The molecule has 0 radical (unpaired) electrons. The van der Waals surface area contributed by atoms with E-state index < -0.39 is 5.91 Å². The van der Waals surface area contributed by atoms with Crippen LogP contribution in [0.25, 0.3) is 6.08 Å². The zero-order valence-electron chi connectivity index (χ0n) is 12.5. The number of hydrogen-bond donors (Lipinski definition) is 1. The first-order valence-electron chi connectivity index (χ1n) is 7.07. The molecule has 0 saturated heterocycles. The summed E-state index contributed by atoms with van der Waals surface area (Å²) >= 11 is 1.76. The number of likely N-dealkylation sites (N-methyl/N-ethyl adjacent to an activating group) is 1. The van der Waals surface area contributed by atoms with Crippen molar-refractivity contribution in [2.75, 3.05) is 12.8 Å². The molecule has 0 aliphatic rings. The standard InChI is InChI=1S/C18H19NO2S/c1-19(21)18(20)12-11-16-9-5-6-10-17(16)22-14-13-15-7-3-2-4-8-15/h2-12,21H,13-14H2,1H3/b12-11+. The lowest BCUT2D eigenvalue weighted by molar-refractivity contribution is -0.153. The lowest BCUT2D eigenvalue weighted by Gasteiger charge is -2.07. The molecule has 0 atom stereocenters. The van der Waals surface area contributed by atoms with E-state index in [1.807, 2.05) is 42.5 Å². The van der Waals surface area contributed by atoms with Crippen LogP contribution in [0.1, 0.15) is 11.1 Å². The number of benzene rings is 2. The van der Waals surface area contributed by atoms with Crippen LogP contribution in [0.2, 0.25) is 0 Å². The van der Waals surface area contributed by atoms with E-state index in [-0.39, 0.29) is 0 Å². The Balaban J connectivity index is 1.98. The second-order valence-corrected chi connectivity index (χ2v) is 5.95. The van der Waals surface area contributed by atoms with Crippen LogP contribution in [0.4, 0.5) is 0 Å². The van der Waals surface area contributed by atoms with E-state index >= 15 is 0 Å². The van der Waals surface area contributed by atoms with Gasteiger partial charge in [-0.1, -0.05) is 48.5 Å². The molecule has 0 spiro atoms. The Morgan fingerprint density at radius 3 is 2.55 bits per heavy atom. The zero-order valence-corrected chi connectivity index (χ0v) is 13.3. The van der Waals surface area contributed by atoms with Crippen LogP contribution >= 0.6 is 11.8 Å². The molecule has 0 bridgehead atoms. The zero-order chi connectivity index (χ0) is 15.8. The van der Waals surface area contributed by atoms with Gasteiger partial charge in [0.05, 0.1) is 0 Å². The van der Waals surface area contributed by atoms with Gasteiger partial charge in [0.2, 0.25) is 0 Å². The van der Waals surface area contributed by atoms with E-state index in [1.54, 1.807) is 17.8 Å². The Kier molecular flexibility index (Phi) is 6.25. The van der Waals surface area contributed by atoms with Gasteiger partial charge >= 0.3 is 0 Å². The van der Waals surface area contributed by atoms with Crippen LogP contribution in [0.15, 0.2) is 65.6 Å². The summed E-state index contributed by atoms with van der Waals surface area (Å²) < 4.78 is 0. The topological polar surface area (TPSA) is 40.5 Å². The molecule has 0 heterocycles. The van der Waals surface area contributed by atoms with Crippen LogP contribution in [0.3, 0.4) is 0 Å². The van der Waals surface area contributed by atoms with Gasteiger partial charge in [-0.3, -0.25) is 10.0 Å². The summed E-state index contributed by atoms with van der Waals surface area (Å²) in [5, 5.41) is 9.63. The molecule has 2 aromatic carbocycles. The number of carbonyl (C=O) groups excluding carboxylic acids is 1. The normalized spacial score (nSPS) is 10.8. The van der Waals surface area contributed by atoms with Gasteiger partial charge in [0.25, 0.3) is 5.91 Å². The van der Waals surface area contributed by atoms with Gasteiger partial charge in [0.1, 0.15) is 0 Å². The summed E-state index contributed by atoms with van der Waals surface area (Å²) in [6.07, 6.45) is 4.11. The van der Waals surface area contributed by atoms with Crippen LogP contribution in [0.5, 0.6) is 0 Å². The highest BCUT2D eigenvalue weighted by atomic mass is 32.2. The fourth-order valence-corrected chi connectivity index (χ4v) is 2.98. The van der Waals surface area contributed by atoms with E-state index in [1.165, 1.54) is 18.7 Å². The Labute approximate surface area is 135 Å². The van der Waals surface area contributed by atoms with Gasteiger partial charge in [0.15, 0.2) is 0 Å².